The van der Waals surface area contributed by atoms with Crippen LogP contribution in [0, 0.1) is 11.3 Å². The Morgan fingerprint density at radius 2 is 2.17 bits per heavy atom. The fourth-order valence-electron chi connectivity index (χ4n) is 2.42. The topological polar surface area (TPSA) is 104 Å². The number of aromatic amines is 1. The van der Waals surface area contributed by atoms with Crippen molar-refractivity contribution < 1.29 is 9.53 Å². The van der Waals surface area contributed by atoms with E-state index in [1.165, 1.54) is 20.2 Å². The zero-order valence-electron chi connectivity index (χ0n) is 13.3. The molecule has 0 unspecified atom stereocenters. The molecule has 0 aliphatic rings. The van der Waals surface area contributed by atoms with Crippen LogP contribution < -0.4 is 10.1 Å². The Bertz CT molecular complexity index is 938. The number of hydrogen-bond donors (Lipinski definition) is 2. The summed E-state index contributed by atoms with van der Waals surface area (Å²) in [5, 5.41) is 13.1. The van der Waals surface area contributed by atoms with E-state index < -0.39 is 0 Å². The molecule has 2 heterocycles. The van der Waals surface area contributed by atoms with Crippen molar-refractivity contribution in [3.8, 4) is 23.2 Å². The molecule has 3 aromatic rings. The van der Waals surface area contributed by atoms with Crippen LogP contribution in [0.15, 0.2) is 30.6 Å². The van der Waals surface area contributed by atoms with Gasteiger partial charge in [0.05, 0.1) is 43.4 Å². The van der Waals surface area contributed by atoms with Gasteiger partial charge in [-0.1, -0.05) is 0 Å². The number of H-pyrrole nitrogens is 1. The fraction of sp³-hybridized carbons (Fsp3) is 0.176. The number of methoxy groups -OCH3 is 1. The van der Waals surface area contributed by atoms with Crippen molar-refractivity contribution in [2.24, 2.45) is 0 Å². The largest absolute Gasteiger partial charge is 0.480 e. The van der Waals surface area contributed by atoms with Crippen molar-refractivity contribution in [3.63, 3.8) is 0 Å². The second-order valence-corrected chi connectivity index (χ2v) is 5.25. The molecule has 3 rings (SSSR count). The summed E-state index contributed by atoms with van der Waals surface area (Å²) in [4.78, 5) is 22.7. The molecule has 0 aliphatic heterocycles. The number of ether oxygens (including phenoxy) is 1. The third-order valence-corrected chi connectivity index (χ3v) is 3.58. The summed E-state index contributed by atoms with van der Waals surface area (Å²) in [5.41, 5.74) is 3.51. The molecule has 0 saturated carbocycles. The molecule has 0 atom stereocenters. The first-order valence-electron chi connectivity index (χ1n) is 7.27. The van der Waals surface area contributed by atoms with Gasteiger partial charge in [-0.25, -0.2) is 9.97 Å². The van der Waals surface area contributed by atoms with Crippen molar-refractivity contribution in [3.05, 3.63) is 41.9 Å². The number of fused-ring (bicyclic) bond motifs is 1. The first-order valence-corrected chi connectivity index (χ1v) is 7.27. The van der Waals surface area contributed by atoms with Crippen LogP contribution >= 0.6 is 0 Å². The third-order valence-electron chi connectivity index (χ3n) is 3.58. The monoisotopic (exact) mass is 321 g/mol. The van der Waals surface area contributed by atoms with Gasteiger partial charge < -0.3 is 15.0 Å². The van der Waals surface area contributed by atoms with Gasteiger partial charge in [-0.05, 0) is 18.2 Å². The van der Waals surface area contributed by atoms with Crippen molar-refractivity contribution >= 4 is 16.8 Å². The van der Waals surface area contributed by atoms with Crippen LogP contribution in [0.25, 0.3) is 22.2 Å². The number of benzene rings is 1. The third kappa shape index (κ3) is 3.03. The number of carbonyl (C=O) groups is 1. The Morgan fingerprint density at radius 1 is 1.33 bits per heavy atom. The summed E-state index contributed by atoms with van der Waals surface area (Å²) < 4.78 is 5.00. The smallest absolute Gasteiger partial charge is 0.232 e. The van der Waals surface area contributed by atoms with Crippen LogP contribution in [0.3, 0.4) is 0 Å². The molecule has 0 fully saturated rings. The highest BCUT2D eigenvalue weighted by Gasteiger charge is 2.11. The van der Waals surface area contributed by atoms with Gasteiger partial charge in [0, 0.05) is 29.1 Å². The maximum atomic E-state index is 11.0. The number of nitrogens with zero attached hydrogens (tertiary/aromatic N) is 3. The van der Waals surface area contributed by atoms with E-state index in [2.05, 4.69) is 26.3 Å². The maximum absolute atomic E-state index is 11.0. The Hall–Kier alpha value is -3.40. The van der Waals surface area contributed by atoms with Gasteiger partial charge in [-0.2, -0.15) is 5.26 Å². The predicted molar refractivity (Wildman–Crippen MR) is 88.1 cm³/mol. The highest BCUT2D eigenvalue weighted by molar-refractivity contribution is 5.88. The number of carbonyl (C=O) groups excluding carboxylic acids is 1. The van der Waals surface area contributed by atoms with Crippen LogP contribution in [0.4, 0.5) is 0 Å². The Morgan fingerprint density at radius 3 is 2.79 bits per heavy atom. The molecule has 120 valence electrons. The van der Waals surface area contributed by atoms with Crippen molar-refractivity contribution in [1.29, 1.82) is 5.26 Å². The number of nitriles is 1. The minimum Gasteiger partial charge on any atom is -0.480 e. The number of nitrogens with one attached hydrogen (secondary N) is 2. The molecule has 7 heteroatoms. The first kappa shape index (κ1) is 15.5. The highest BCUT2D eigenvalue weighted by atomic mass is 16.5. The van der Waals surface area contributed by atoms with Gasteiger partial charge in [0.2, 0.25) is 11.8 Å². The minimum atomic E-state index is -0.0967. The van der Waals surface area contributed by atoms with Crippen molar-refractivity contribution in [2.45, 2.75) is 13.5 Å². The average molecular weight is 321 g/mol. The normalized spacial score (nSPS) is 10.4. The zero-order valence-corrected chi connectivity index (χ0v) is 13.3. The van der Waals surface area contributed by atoms with Gasteiger partial charge in [-0.15, -0.1) is 0 Å². The molecule has 2 aromatic heterocycles. The number of amides is 1. The quantitative estimate of drug-likeness (QED) is 0.766. The lowest BCUT2D eigenvalue weighted by molar-refractivity contribution is -0.119. The summed E-state index contributed by atoms with van der Waals surface area (Å²) in [6, 6.07) is 7.76. The lowest BCUT2D eigenvalue weighted by Gasteiger charge is -2.04. The molecule has 1 amide bonds. The van der Waals surface area contributed by atoms with E-state index in [0.29, 0.717) is 29.2 Å². The molecule has 24 heavy (non-hydrogen) atoms. The second-order valence-electron chi connectivity index (χ2n) is 5.25. The lowest BCUT2D eigenvalue weighted by atomic mass is 10.0. The van der Waals surface area contributed by atoms with Gasteiger partial charge in [0.1, 0.15) is 0 Å². The van der Waals surface area contributed by atoms with Crippen LogP contribution in [0.1, 0.15) is 18.2 Å². The molecular formula is C17H15N5O2. The highest BCUT2D eigenvalue weighted by Crippen LogP contribution is 2.27. The lowest BCUT2D eigenvalue weighted by Crippen LogP contribution is -2.18. The molecule has 0 spiro atoms. The molecule has 7 nitrogen and oxygen atoms in total. The summed E-state index contributed by atoms with van der Waals surface area (Å²) >= 11 is 0. The van der Waals surface area contributed by atoms with Gasteiger partial charge in [0.15, 0.2) is 0 Å². The van der Waals surface area contributed by atoms with Gasteiger partial charge >= 0.3 is 0 Å². The van der Waals surface area contributed by atoms with Crippen LogP contribution in [-0.4, -0.2) is 28.0 Å². The van der Waals surface area contributed by atoms with E-state index in [9.17, 15) is 10.1 Å². The summed E-state index contributed by atoms with van der Waals surface area (Å²) in [5.74, 6) is 0.316. The molecule has 2 N–H and O–H groups in total. The number of aromatic nitrogens is 3. The van der Waals surface area contributed by atoms with E-state index in [4.69, 9.17) is 4.74 Å². The molecule has 0 saturated heterocycles. The maximum Gasteiger partial charge on any atom is 0.232 e. The zero-order chi connectivity index (χ0) is 17.1. The second kappa shape index (κ2) is 6.38. The SMILES string of the molecule is COc1cnc(-c2cc3[nH]c(CNC(C)=O)cc3cc2C#N)cn1. The predicted octanol–water partition coefficient (Wildman–Crippen LogP) is 2.14. The first-order chi connectivity index (χ1) is 11.6. The standard InChI is InChI=1S/C17H15N5O2/c1-10(23)19-7-13-4-11-3-12(6-18)14(5-15(11)22-13)16-8-21-17(24-2)9-20-16/h3-5,8-9,22H,7H2,1-2H3,(H,19,23). The van der Waals surface area contributed by atoms with E-state index in [1.54, 1.807) is 12.3 Å². The van der Waals surface area contributed by atoms with Crippen LogP contribution in [0.2, 0.25) is 0 Å². The molecule has 0 bridgehead atoms. The van der Waals surface area contributed by atoms with E-state index >= 15 is 0 Å². The number of hydrogen-bond acceptors (Lipinski definition) is 5. The van der Waals surface area contributed by atoms with E-state index in [-0.39, 0.29) is 5.91 Å². The fourth-order valence-corrected chi connectivity index (χ4v) is 2.42. The Balaban J connectivity index is 2.03. The van der Waals surface area contributed by atoms with Crippen LogP contribution in [0.5, 0.6) is 5.88 Å². The molecule has 0 aliphatic carbocycles. The summed E-state index contributed by atoms with van der Waals surface area (Å²) in [6.45, 7) is 1.88. The van der Waals surface area contributed by atoms with E-state index in [1.807, 2.05) is 12.1 Å². The molecular weight excluding hydrogens is 306 g/mol. The van der Waals surface area contributed by atoms with Gasteiger partial charge in [0.25, 0.3) is 0 Å². The number of rotatable bonds is 4. The molecule has 0 radical (unpaired) electrons. The van der Waals surface area contributed by atoms with Crippen LogP contribution in [-0.2, 0) is 11.3 Å². The summed E-state index contributed by atoms with van der Waals surface area (Å²) in [6.07, 6.45) is 3.08. The van der Waals surface area contributed by atoms with Gasteiger partial charge in [-0.3, -0.25) is 4.79 Å². The average Bonchev–Trinajstić information content (AvgIpc) is 3.00. The minimum absolute atomic E-state index is 0.0967. The Kier molecular flexibility index (Phi) is 4.12. The molecule has 1 aromatic carbocycles. The Labute approximate surface area is 138 Å². The van der Waals surface area contributed by atoms with Crippen molar-refractivity contribution in [2.75, 3.05) is 7.11 Å². The van der Waals surface area contributed by atoms with E-state index in [0.717, 1.165) is 16.6 Å². The summed E-state index contributed by atoms with van der Waals surface area (Å²) in [7, 11) is 1.52. The van der Waals surface area contributed by atoms with Crippen molar-refractivity contribution in [1.82, 2.24) is 20.3 Å².